The Balaban J connectivity index is 0.000000452. The second kappa shape index (κ2) is 27.9. The third-order valence-corrected chi connectivity index (χ3v) is 11.0. The normalized spacial score (nSPS) is 16.7. The molecular weight excluding hydrogens is 867 g/mol. The number of rotatable bonds is 19. The summed E-state index contributed by atoms with van der Waals surface area (Å²) in [4.78, 5) is 56.6. The number of nitrogens with two attached hydrogens (primary N) is 1. The average molecular weight is 939 g/mol. The lowest BCUT2D eigenvalue weighted by Crippen LogP contribution is -2.44. The zero-order chi connectivity index (χ0) is 49.6. The summed E-state index contributed by atoms with van der Waals surface area (Å²) in [5, 5.41) is 18.6. The maximum atomic E-state index is 14.9. The average Bonchev–Trinajstić information content (AvgIpc) is 3.65. The molecule has 4 amide bonds. The highest BCUT2D eigenvalue weighted by Crippen LogP contribution is 2.42. The number of pyridine rings is 1. The molecule has 370 valence electrons. The molecular formula is C48H72F2N10O7. The minimum Gasteiger partial charge on any atom is -0.379 e. The summed E-state index contributed by atoms with van der Waals surface area (Å²) in [6.45, 7) is 19.2. The van der Waals surface area contributed by atoms with Gasteiger partial charge in [-0.3, -0.25) is 24.4 Å². The van der Waals surface area contributed by atoms with Gasteiger partial charge in [0.05, 0.1) is 37.8 Å². The summed E-state index contributed by atoms with van der Waals surface area (Å²) in [5.74, 6) is -0.320. The summed E-state index contributed by atoms with van der Waals surface area (Å²) in [5.41, 5.74) is 9.36. The molecule has 0 spiro atoms. The van der Waals surface area contributed by atoms with Gasteiger partial charge in [-0.2, -0.15) is 0 Å². The van der Waals surface area contributed by atoms with E-state index < -0.39 is 29.5 Å². The van der Waals surface area contributed by atoms with Crippen molar-refractivity contribution < 1.29 is 42.6 Å². The maximum Gasteiger partial charge on any atom is 0.246 e. The van der Waals surface area contributed by atoms with Crippen LogP contribution in [-0.2, 0) is 35.2 Å². The lowest BCUT2D eigenvalue weighted by atomic mass is 9.68. The highest BCUT2D eigenvalue weighted by atomic mass is 19.1. The summed E-state index contributed by atoms with van der Waals surface area (Å²) in [6.07, 6.45) is 12.8. The molecule has 2 unspecified atom stereocenters. The van der Waals surface area contributed by atoms with Crippen molar-refractivity contribution in [1.82, 2.24) is 35.6 Å². The van der Waals surface area contributed by atoms with Crippen LogP contribution in [0.25, 0.3) is 22.4 Å². The molecule has 0 radical (unpaired) electrons. The lowest BCUT2D eigenvalue weighted by Gasteiger charge is -2.42. The number of carbonyl (C=O) groups is 4. The van der Waals surface area contributed by atoms with Crippen LogP contribution < -0.4 is 32.5 Å². The van der Waals surface area contributed by atoms with Gasteiger partial charge in [-0.05, 0) is 87.5 Å². The maximum absolute atomic E-state index is 14.9. The van der Waals surface area contributed by atoms with E-state index in [4.69, 9.17) is 25.2 Å². The highest BCUT2D eigenvalue weighted by Gasteiger charge is 2.36. The molecule has 8 N–H and O–H groups in total. The summed E-state index contributed by atoms with van der Waals surface area (Å²) >= 11 is 0. The van der Waals surface area contributed by atoms with Crippen LogP contribution in [0.15, 0.2) is 48.9 Å². The summed E-state index contributed by atoms with van der Waals surface area (Å²) in [6, 6.07) is 7.86. The van der Waals surface area contributed by atoms with Gasteiger partial charge in [-0.1, -0.05) is 66.0 Å². The van der Waals surface area contributed by atoms with Gasteiger partial charge in [0, 0.05) is 48.6 Å². The number of hydroxylamine groups is 1. The fraction of sp³-hybridized carbons (Fsp3) is 0.562. The fourth-order valence-electron chi connectivity index (χ4n) is 7.32. The second-order valence-corrected chi connectivity index (χ2v) is 18.5. The zero-order valence-corrected chi connectivity index (χ0v) is 40.3. The van der Waals surface area contributed by atoms with Crippen LogP contribution in [0.4, 0.5) is 20.3 Å². The number of nitrogens with one attached hydrogen (secondary N) is 5. The monoisotopic (exact) mass is 939 g/mol. The van der Waals surface area contributed by atoms with Crippen LogP contribution in [0.3, 0.4) is 0 Å². The lowest BCUT2D eigenvalue weighted by molar-refractivity contribution is -0.126. The Kier molecular flexibility index (Phi) is 23.2. The Morgan fingerprint density at radius 1 is 0.985 bits per heavy atom. The van der Waals surface area contributed by atoms with Crippen LogP contribution in [0.5, 0.6) is 0 Å². The molecule has 2 bridgehead atoms. The molecule has 67 heavy (non-hydrogen) atoms. The summed E-state index contributed by atoms with van der Waals surface area (Å²) < 4.78 is 42.2. The molecule has 0 saturated heterocycles. The third kappa shape index (κ3) is 19.2. The molecule has 2 atom stereocenters. The van der Waals surface area contributed by atoms with Crippen molar-refractivity contribution in [1.29, 1.82) is 0 Å². The number of amides is 4. The van der Waals surface area contributed by atoms with Crippen LogP contribution in [-0.4, -0.2) is 100.0 Å². The van der Waals surface area contributed by atoms with Crippen molar-refractivity contribution in [2.45, 2.75) is 125 Å². The van der Waals surface area contributed by atoms with Crippen molar-refractivity contribution in [2.75, 3.05) is 43.5 Å². The predicted molar refractivity (Wildman–Crippen MR) is 255 cm³/mol. The first-order chi connectivity index (χ1) is 31.9. The van der Waals surface area contributed by atoms with Gasteiger partial charge in [0.1, 0.15) is 17.5 Å². The van der Waals surface area contributed by atoms with Crippen molar-refractivity contribution in [3.63, 3.8) is 0 Å². The number of fused-ring (bicyclic) bond motifs is 4. The van der Waals surface area contributed by atoms with E-state index in [0.29, 0.717) is 72.2 Å². The van der Waals surface area contributed by atoms with Crippen molar-refractivity contribution in [3.05, 3.63) is 66.1 Å². The SMILES string of the molecule is CC(C)(C)CCOCCOC(C)(C)CN.CC(NC(=O)CNC=O)C(=O)Nc1ccc(Cn2cc(-c3ncc(F)c(NC4CC5CCC4CC5)n3)c3cc(F)cnc32)cc1.CCC.O=CNO. The van der Waals surface area contributed by atoms with Gasteiger partial charge in [0.2, 0.25) is 24.6 Å². The number of anilines is 2. The van der Waals surface area contributed by atoms with Crippen molar-refractivity contribution >= 4 is 47.2 Å². The molecule has 3 fully saturated rings. The highest BCUT2D eigenvalue weighted by molar-refractivity contribution is 5.97. The van der Waals surface area contributed by atoms with Gasteiger partial charge in [-0.25, -0.2) is 29.2 Å². The number of hydrogen-bond acceptors (Lipinski definition) is 12. The largest absolute Gasteiger partial charge is 0.379 e. The Hall–Kier alpha value is -5.63. The number of benzene rings is 1. The van der Waals surface area contributed by atoms with Gasteiger partial charge in [0.25, 0.3) is 0 Å². The Morgan fingerprint density at radius 2 is 1.66 bits per heavy atom. The molecule has 3 saturated carbocycles. The van der Waals surface area contributed by atoms with E-state index in [1.54, 1.807) is 18.3 Å². The topological polar surface area (TPSA) is 237 Å². The minimum absolute atomic E-state index is 0.159. The molecule has 3 aliphatic rings. The number of hydrogen-bond donors (Lipinski definition) is 7. The number of halogens is 2. The van der Waals surface area contributed by atoms with Gasteiger partial charge >= 0.3 is 0 Å². The second-order valence-electron chi connectivity index (χ2n) is 18.5. The van der Waals surface area contributed by atoms with E-state index in [-0.39, 0.29) is 36.2 Å². The first-order valence-corrected chi connectivity index (χ1v) is 22.9. The molecule has 7 rings (SSSR count). The standard InChI is InChI=1S/C32H34F2N8O3.C12H27NO2.C3H8.CH3NO2/c1-18(38-28(44)14-35-17-43)32(45)39-23-8-4-20(5-9-23)15-42-16-25(24-11-22(33)12-37-31(24)42)29-36-13-26(34)30(41-29)40-27-10-19-2-6-21(27)7-3-19;1-11(2,3)6-7-14-8-9-15-12(4,5)10-13;1-3-2;3-1-2-4/h4-5,8-9,11-13,16-19,21,27H,2-3,6-7,10,14-15H2,1H3,(H,35,43)(H,38,44)(H,39,45)(H,36,40,41);6-10,13H2,1-5H3;3H2,1-2H3;1,4H,(H,2,3). The van der Waals surface area contributed by atoms with Crippen molar-refractivity contribution in [2.24, 2.45) is 23.0 Å². The van der Waals surface area contributed by atoms with E-state index in [1.807, 2.05) is 30.5 Å². The van der Waals surface area contributed by atoms with E-state index in [2.05, 4.69) is 70.8 Å². The molecule has 3 aliphatic carbocycles. The van der Waals surface area contributed by atoms with E-state index in [1.165, 1.54) is 37.7 Å². The van der Waals surface area contributed by atoms with Gasteiger partial charge in [-0.15, -0.1) is 0 Å². The van der Waals surface area contributed by atoms with Gasteiger partial charge in [0.15, 0.2) is 17.5 Å². The zero-order valence-electron chi connectivity index (χ0n) is 40.3. The van der Waals surface area contributed by atoms with E-state index >= 15 is 0 Å². The van der Waals surface area contributed by atoms with Crippen LogP contribution in [0.2, 0.25) is 0 Å². The molecule has 0 aliphatic heterocycles. The van der Waals surface area contributed by atoms with Gasteiger partial charge < -0.3 is 41.0 Å². The number of aromatic nitrogens is 4. The molecule has 3 aromatic heterocycles. The first-order valence-electron chi connectivity index (χ1n) is 22.9. The molecule has 19 heteroatoms. The van der Waals surface area contributed by atoms with Crippen LogP contribution >= 0.6 is 0 Å². The molecule has 17 nitrogen and oxygen atoms in total. The third-order valence-electron chi connectivity index (χ3n) is 11.0. The number of carbonyl (C=O) groups excluding carboxylic acids is 4. The molecule has 3 heterocycles. The first kappa shape index (κ1) is 55.7. The quantitative estimate of drug-likeness (QED) is 0.0224. The van der Waals surface area contributed by atoms with Crippen molar-refractivity contribution in [3.8, 4) is 11.4 Å². The molecule has 1 aromatic carbocycles. The molecule has 4 aromatic rings. The Bertz CT molecular complexity index is 2140. The summed E-state index contributed by atoms with van der Waals surface area (Å²) in [7, 11) is 0. The van der Waals surface area contributed by atoms with Crippen LogP contribution in [0, 0.1) is 28.9 Å². The van der Waals surface area contributed by atoms with E-state index in [0.717, 1.165) is 50.2 Å². The fourth-order valence-corrected chi connectivity index (χ4v) is 7.32. The Morgan fingerprint density at radius 3 is 2.24 bits per heavy atom. The predicted octanol–water partition coefficient (Wildman–Crippen LogP) is 6.73. The number of ether oxygens (including phenoxy) is 2. The smallest absolute Gasteiger partial charge is 0.246 e. The van der Waals surface area contributed by atoms with E-state index in [9.17, 15) is 23.2 Å². The Labute approximate surface area is 393 Å². The minimum atomic E-state index is -0.816. The van der Waals surface area contributed by atoms with Crippen LogP contribution in [0.1, 0.15) is 106 Å². The number of nitrogens with zero attached hydrogens (tertiary/aromatic N) is 4.